The van der Waals surface area contributed by atoms with E-state index in [0.717, 1.165) is 16.0 Å². The number of aliphatic hydroxyl groups excluding tert-OH is 1. The summed E-state index contributed by atoms with van der Waals surface area (Å²) >= 11 is 1.46. The molecule has 0 aliphatic heterocycles. The smallest absolute Gasteiger partial charge is 0.261 e. The van der Waals surface area contributed by atoms with Crippen molar-refractivity contribution in [1.82, 2.24) is 5.32 Å². The molecular weight excluding hydrogens is 523 g/mol. The van der Waals surface area contributed by atoms with Gasteiger partial charge in [-0.3, -0.25) is 4.79 Å². The number of thiophene rings is 1. The number of carbonyl (C=O) groups excluding carboxylic acids is 1. The Morgan fingerprint density at radius 1 is 0.895 bits per heavy atom. The second kappa shape index (κ2) is 11.8. The molecule has 1 amide bonds. The highest BCUT2D eigenvalue weighted by molar-refractivity contribution is 7.09. The summed E-state index contributed by atoms with van der Waals surface area (Å²) in [5.41, 5.74) is 0.493. The van der Waals surface area contributed by atoms with Crippen molar-refractivity contribution in [3.8, 4) is 0 Å². The van der Waals surface area contributed by atoms with E-state index in [1.165, 1.54) is 17.4 Å². The number of aliphatic hydroxyl groups is 1. The lowest BCUT2D eigenvalue weighted by molar-refractivity contribution is 0.101. The van der Waals surface area contributed by atoms with Gasteiger partial charge in [-0.25, -0.2) is 22.0 Å². The SMILES string of the molecule is Cc1ccc(NC(=O)c2c(F)c(F)c(F)c(F)c2F)c(C(NCc2ccccc2)C(O)Cc2cccs2)c1. The molecule has 0 aliphatic rings. The van der Waals surface area contributed by atoms with Crippen LogP contribution in [0.5, 0.6) is 0 Å². The van der Waals surface area contributed by atoms with Crippen molar-refractivity contribution >= 4 is 22.9 Å². The Balaban J connectivity index is 1.71. The lowest BCUT2D eigenvalue weighted by Crippen LogP contribution is -2.34. The Hall–Kier alpha value is -3.60. The Morgan fingerprint density at radius 2 is 1.55 bits per heavy atom. The standard InChI is InChI=1S/C28H23F5N2O2S/c1-15-9-10-19(35-28(37)21-22(29)24(31)26(33)25(32)23(21)30)18(12-15)27(20(36)13-17-8-5-11-38-17)34-14-16-6-3-2-4-7-16/h2-12,20,27,34,36H,13-14H2,1H3,(H,35,37). The molecule has 2 unspecified atom stereocenters. The minimum absolute atomic E-state index is 0.0420. The van der Waals surface area contributed by atoms with Crippen LogP contribution in [0.25, 0.3) is 0 Å². The van der Waals surface area contributed by atoms with Gasteiger partial charge in [0.2, 0.25) is 5.82 Å². The summed E-state index contributed by atoms with van der Waals surface area (Å²) < 4.78 is 69.5. The third-order valence-corrected chi connectivity index (χ3v) is 6.87. The molecular formula is C28H23F5N2O2S. The van der Waals surface area contributed by atoms with Crippen molar-refractivity contribution in [1.29, 1.82) is 0 Å². The second-order valence-corrected chi connectivity index (χ2v) is 9.72. The molecule has 0 aliphatic carbocycles. The summed E-state index contributed by atoms with van der Waals surface area (Å²) in [5, 5.41) is 18.7. The largest absolute Gasteiger partial charge is 0.391 e. The van der Waals surface area contributed by atoms with Crippen LogP contribution >= 0.6 is 11.3 Å². The fraction of sp³-hybridized carbons (Fsp3) is 0.179. The van der Waals surface area contributed by atoms with Gasteiger partial charge < -0.3 is 15.7 Å². The van der Waals surface area contributed by atoms with E-state index >= 15 is 0 Å². The predicted octanol–water partition coefficient (Wildman–Crippen LogP) is 6.44. The van der Waals surface area contributed by atoms with E-state index in [0.29, 0.717) is 12.1 Å². The maximum absolute atomic E-state index is 14.3. The highest BCUT2D eigenvalue weighted by Gasteiger charge is 2.31. The van der Waals surface area contributed by atoms with Crippen molar-refractivity contribution < 1.29 is 31.9 Å². The minimum atomic E-state index is -2.35. The van der Waals surface area contributed by atoms with Crippen LogP contribution < -0.4 is 10.6 Å². The molecule has 0 bridgehead atoms. The van der Waals surface area contributed by atoms with Gasteiger partial charge in [0, 0.05) is 23.5 Å². The average molecular weight is 547 g/mol. The van der Waals surface area contributed by atoms with E-state index in [1.807, 2.05) is 47.8 Å². The monoisotopic (exact) mass is 546 g/mol. The van der Waals surface area contributed by atoms with E-state index in [1.54, 1.807) is 19.1 Å². The average Bonchev–Trinajstić information content (AvgIpc) is 3.41. The molecule has 1 aromatic heterocycles. The second-order valence-electron chi connectivity index (χ2n) is 8.68. The first-order valence-corrected chi connectivity index (χ1v) is 12.5. The number of carbonyl (C=O) groups is 1. The zero-order chi connectivity index (χ0) is 27.4. The number of hydrogen-bond acceptors (Lipinski definition) is 4. The first-order valence-electron chi connectivity index (χ1n) is 11.6. The molecule has 1 heterocycles. The first kappa shape index (κ1) is 27.4. The molecule has 38 heavy (non-hydrogen) atoms. The van der Waals surface area contributed by atoms with Crippen molar-refractivity contribution in [2.45, 2.75) is 32.0 Å². The molecule has 4 nitrogen and oxygen atoms in total. The molecule has 4 aromatic rings. The number of halogens is 5. The number of benzene rings is 3. The summed E-state index contributed by atoms with van der Waals surface area (Å²) in [6.07, 6.45) is -0.729. The Bertz CT molecular complexity index is 1400. The van der Waals surface area contributed by atoms with Gasteiger partial charge in [-0.05, 0) is 35.6 Å². The highest BCUT2D eigenvalue weighted by atomic mass is 32.1. The van der Waals surface area contributed by atoms with Crippen molar-refractivity contribution in [3.05, 3.63) is 122 Å². The number of rotatable bonds is 9. The van der Waals surface area contributed by atoms with Gasteiger partial charge in [-0.1, -0.05) is 54.1 Å². The van der Waals surface area contributed by atoms with Crippen LogP contribution in [0.15, 0.2) is 66.0 Å². The summed E-state index contributed by atoms with van der Waals surface area (Å²) in [7, 11) is 0. The summed E-state index contributed by atoms with van der Waals surface area (Å²) in [5.74, 6) is -12.8. The number of anilines is 1. The van der Waals surface area contributed by atoms with Crippen molar-refractivity contribution in [3.63, 3.8) is 0 Å². The van der Waals surface area contributed by atoms with E-state index in [2.05, 4.69) is 10.6 Å². The lowest BCUT2D eigenvalue weighted by Gasteiger charge is -2.27. The molecule has 3 N–H and O–H groups in total. The third-order valence-electron chi connectivity index (χ3n) is 5.97. The molecule has 3 aromatic carbocycles. The number of nitrogens with one attached hydrogen (secondary N) is 2. The fourth-order valence-electron chi connectivity index (χ4n) is 4.07. The van der Waals surface area contributed by atoms with Crippen molar-refractivity contribution in [2.75, 3.05) is 5.32 Å². The molecule has 2 atom stereocenters. The highest BCUT2D eigenvalue weighted by Crippen LogP contribution is 2.31. The fourth-order valence-corrected chi connectivity index (χ4v) is 4.83. The van der Waals surface area contributed by atoms with Crippen LogP contribution in [0, 0.1) is 36.0 Å². The van der Waals surface area contributed by atoms with E-state index in [9.17, 15) is 31.9 Å². The molecule has 0 radical (unpaired) electrons. The predicted molar refractivity (Wildman–Crippen MR) is 135 cm³/mol. The number of aryl methyl sites for hydroxylation is 1. The van der Waals surface area contributed by atoms with Crippen LogP contribution in [0.4, 0.5) is 27.6 Å². The Morgan fingerprint density at radius 3 is 2.18 bits per heavy atom. The van der Waals surface area contributed by atoms with Gasteiger partial charge in [0.1, 0.15) is 5.56 Å². The quantitative estimate of drug-likeness (QED) is 0.129. The molecule has 0 fully saturated rings. The van der Waals surface area contributed by atoms with Gasteiger partial charge in [0.25, 0.3) is 5.91 Å². The zero-order valence-electron chi connectivity index (χ0n) is 20.1. The van der Waals surface area contributed by atoms with Crippen LogP contribution in [0.2, 0.25) is 0 Å². The Kier molecular flexibility index (Phi) is 8.55. The van der Waals surface area contributed by atoms with Crippen LogP contribution in [0.1, 0.15) is 38.0 Å². The maximum Gasteiger partial charge on any atom is 0.261 e. The van der Waals surface area contributed by atoms with E-state index in [-0.39, 0.29) is 12.1 Å². The van der Waals surface area contributed by atoms with Gasteiger partial charge in [0.05, 0.1) is 12.1 Å². The van der Waals surface area contributed by atoms with Gasteiger partial charge in [0.15, 0.2) is 23.3 Å². The molecule has 10 heteroatoms. The number of hydrogen-bond donors (Lipinski definition) is 3. The third kappa shape index (κ3) is 5.93. The number of amides is 1. The lowest BCUT2D eigenvalue weighted by atomic mass is 9.94. The first-order chi connectivity index (χ1) is 18.2. The maximum atomic E-state index is 14.3. The summed E-state index contributed by atoms with van der Waals surface area (Å²) in [4.78, 5) is 13.7. The zero-order valence-corrected chi connectivity index (χ0v) is 20.9. The van der Waals surface area contributed by atoms with Crippen LogP contribution in [0.3, 0.4) is 0 Å². The van der Waals surface area contributed by atoms with Crippen LogP contribution in [-0.4, -0.2) is 17.1 Å². The molecule has 0 saturated heterocycles. The van der Waals surface area contributed by atoms with Gasteiger partial charge >= 0.3 is 0 Å². The van der Waals surface area contributed by atoms with Gasteiger partial charge in [-0.2, -0.15) is 0 Å². The molecule has 4 rings (SSSR count). The van der Waals surface area contributed by atoms with Crippen molar-refractivity contribution in [2.24, 2.45) is 0 Å². The summed E-state index contributed by atoms with van der Waals surface area (Å²) in [6.45, 7) is 2.12. The molecule has 0 saturated carbocycles. The van der Waals surface area contributed by atoms with E-state index in [4.69, 9.17) is 0 Å². The minimum Gasteiger partial charge on any atom is -0.391 e. The van der Waals surface area contributed by atoms with Gasteiger partial charge in [-0.15, -0.1) is 11.3 Å². The molecule has 0 spiro atoms. The van der Waals surface area contributed by atoms with E-state index < -0.39 is 52.7 Å². The topological polar surface area (TPSA) is 61.4 Å². The normalized spacial score (nSPS) is 12.8. The Labute approximate surface area is 219 Å². The summed E-state index contributed by atoms with van der Waals surface area (Å²) in [6, 6.07) is 17.0. The van der Waals surface area contributed by atoms with Crippen LogP contribution in [-0.2, 0) is 13.0 Å². The molecule has 198 valence electrons.